The number of aromatic nitrogens is 1. The van der Waals surface area contributed by atoms with Gasteiger partial charge >= 0.3 is 0 Å². The minimum absolute atomic E-state index is 0.140. The van der Waals surface area contributed by atoms with Gasteiger partial charge in [0, 0.05) is 56.9 Å². The first-order valence-electron chi connectivity index (χ1n) is 15.6. The molecule has 3 aromatic carbocycles. The van der Waals surface area contributed by atoms with Crippen molar-refractivity contribution in [2.75, 3.05) is 54.4 Å². The molecular weight excluding hydrogens is 548 g/mol. The number of carbonyl (C=O) groups excluding carboxylic acids is 2. The number of carbonyl (C=O) groups is 2. The highest BCUT2D eigenvalue weighted by atomic mass is 16.2. The van der Waals surface area contributed by atoms with Gasteiger partial charge in [-0.1, -0.05) is 48.5 Å². The molecule has 8 heteroatoms. The molecule has 2 amide bonds. The summed E-state index contributed by atoms with van der Waals surface area (Å²) in [6.07, 6.45) is 4.59. The molecule has 3 N–H and O–H groups in total. The molecular formula is C36H40N6O2. The fourth-order valence-electron chi connectivity index (χ4n) is 5.80. The maximum Gasteiger partial charge on any atom is 0.255 e. The Kier molecular flexibility index (Phi) is 9.17. The quantitative estimate of drug-likeness (QED) is 0.243. The molecule has 2 fully saturated rings. The number of nitrogens with zero attached hydrogens (tertiary/aromatic N) is 4. The molecule has 1 aliphatic carbocycles. The third-order valence-corrected chi connectivity index (χ3v) is 8.38. The molecule has 1 aromatic heterocycles. The van der Waals surface area contributed by atoms with E-state index in [2.05, 4.69) is 56.5 Å². The first-order valence-corrected chi connectivity index (χ1v) is 15.6. The molecule has 1 saturated carbocycles. The Hall–Kier alpha value is -4.69. The van der Waals surface area contributed by atoms with Crippen LogP contribution in [0.1, 0.15) is 35.2 Å². The van der Waals surface area contributed by atoms with Crippen molar-refractivity contribution >= 4 is 29.0 Å². The predicted octanol–water partition coefficient (Wildman–Crippen LogP) is 5.41. The van der Waals surface area contributed by atoms with Crippen molar-refractivity contribution < 1.29 is 9.59 Å². The third kappa shape index (κ3) is 7.09. The monoisotopic (exact) mass is 588 g/mol. The van der Waals surface area contributed by atoms with Crippen LogP contribution in [0.2, 0.25) is 0 Å². The van der Waals surface area contributed by atoms with Gasteiger partial charge in [-0.3, -0.25) is 9.59 Å². The number of nitrogens with one attached hydrogen (secondary N) is 1. The molecule has 226 valence electrons. The number of benzene rings is 3. The average Bonchev–Trinajstić information content (AvgIpc) is 3.93. The SMILES string of the molecule is NCCCN(Cc1cccc(-c2ccc(N3CCN(c4ccccn4)CC3)c(NC(=O)c3ccccc3)c2)c1)C(=O)C1CC1. The Morgan fingerprint density at radius 3 is 2.32 bits per heavy atom. The molecule has 0 radical (unpaired) electrons. The van der Waals surface area contributed by atoms with E-state index >= 15 is 0 Å². The molecule has 6 rings (SSSR count). The molecule has 2 heterocycles. The number of anilines is 3. The average molecular weight is 589 g/mol. The Morgan fingerprint density at radius 1 is 0.841 bits per heavy atom. The molecule has 8 nitrogen and oxygen atoms in total. The van der Waals surface area contributed by atoms with Gasteiger partial charge in [-0.15, -0.1) is 0 Å². The van der Waals surface area contributed by atoms with Crippen molar-refractivity contribution in [1.29, 1.82) is 0 Å². The second kappa shape index (κ2) is 13.7. The molecule has 0 spiro atoms. The fourth-order valence-corrected chi connectivity index (χ4v) is 5.80. The Bertz CT molecular complexity index is 1570. The summed E-state index contributed by atoms with van der Waals surface area (Å²) in [6, 6.07) is 30.0. The van der Waals surface area contributed by atoms with E-state index in [0.717, 1.165) is 79.3 Å². The number of piperazine rings is 1. The number of pyridine rings is 1. The van der Waals surface area contributed by atoms with Gasteiger partial charge in [0.05, 0.1) is 11.4 Å². The van der Waals surface area contributed by atoms with E-state index in [1.54, 1.807) is 0 Å². The summed E-state index contributed by atoms with van der Waals surface area (Å²) in [5.41, 5.74) is 11.3. The fraction of sp³-hybridized carbons (Fsp3) is 0.306. The molecule has 1 aliphatic heterocycles. The van der Waals surface area contributed by atoms with Crippen LogP contribution < -0.4 is 20.9 Å². The third-order valence-electron chi connectivity index (χ3n) is 8.38. The van der Waals surface area contributed by atoms with Crippen LogP contribution in [0.15, 0.2) is 97.2 Å². The number of rotatable bonds is 11. The Labute approximate surface area is 259 Å². The molecule has 4 aromatic rings. The highest BCUT2D eigenvalue weighted by Gasteiger charge is 2.33. The van der Waals surface area contributed by atoms with Crippen LogP contribution in [-0.2, 0) is 11.3 Å². The van der Waals surface area contributed by atoms with Crippen LogP contribution >= 0.6 is 0 Å². The number of nitrogens with two attached hydrogens (primary N) is 1. The zero-order valence-corrected chi connectivity index (χ0v) is 25.1. The van der Waals surface area contributed by atoms with E-state index in [-0.39, 0.29) is 17.7 Å². The first-order chi connectivity index (χ1) is 21.6. The number of hydrogen-bond donors (Lipinski definition) is 2. The summed E-state index contributed by atoms with van der Waals surface area (Å²) < 4.78 is 0. The zero-order chi connectivity index (χ0) is 30.3. The molecule has 0 atom stereocenters. The normalized spacial score (nSPS) is 14.8. The first kappa shape index (κ1) is 29.4. The standard InChI is InChI=1S/C36H40N6O2/c37-17-7-19-42(36(44)29-13-14-29)26-27-8-6-11-30(24-27)31-15-16-33(32(25-31)39-35(43)28-9-2-1-3-10-28)40-20-22-41(23-21-40)34-12-4-5-18-38-34/h1-6,8-12,15-16,18,24-25,29H,7,13-14,17,19-23,26,37H2,(H,39,43). The van der Waals surface area contributed by atoms with Crippen molar-refractivity contribution in [2.24, 2.45) is 11.7 Å². The maximum absolute atomic E-state index is 13.3. The second-order valence-corrected chi connectivity index (χ2v) is 11.6. The van der Waals surface area contributed by atoms with Gasteiger partial charge in [0.1, 0.15) is 5.82 Å². The predicted molar refractivity (Wildman–Crippen MR) is 177 cm³/mol. The van der Waals surface area contributed by atoms with Crippen LogP contribution in [0.5, 0.6) is 0 Å². The van der Waals surface area contributed by atoms with E-state index in [1.165, 1.54) is 0 Å². The van der Waals surface area contributed by atoms with Gasteiger partial charge in [-0.2, -0.15) is 0 Å². The van der Waals surface area contributed by atoms with Gasteiger partial charge in [0.2, 0.25) is 5.91 Å². The van der Waals surface area contributed by atoms with Crippen LogP contribution in [0.25, 0.3) is 11.1 Å². The van der Waals surface area contributed by atoms with Crippen molar-refractivity contribution in [3.8, 4) is 11.1 Å². The number of amides is 2. The topological polar surface area (TPSA) is 94.8 Å². The van der Waals surface area contributed by atoms with Crippen LogP contribution in [0.3, 0.4) is 0 Å². The summed E-state index contributed by atoms with van der Waals surface area (Å²) >= 11 is 0. The highest BCUT2D eigenvalue weighted by molar-refractivity contribution is 6.06. The van der Waals surface area contributed by atoms with Crippen LogP contribution in [-0.4, -0.2) is 61.0 Å². The van der Waals surface area contributed by atoms with Crippen LogP contribution in [0, 0.1) is 5.92 Å². The van der Waals surface area contributed by atoms with Gasteiger partial charge in [-0.25, -0.2) is 4.98 Å². The Balaban J connectivity index is 1.25. The largest absolute Gasteiger partial charge is 0.366 e. The van der Waals surface area contributed by atoms with Gasteiger partial charge < -0.3 is 25.8 Å². The zero-order valence-electron chi connectivity index (χ0n) is 25.1. The summed E-state index contributed by atoms with van der Waals surface area (Å²) in [6.45, 7) is 5.12. The summed E-state index contributed by atoms with van der Waals surface area (Å²) in [7, 11) is 0. The molecule has 1 saturated heterocycles. The Morgan fingerprint density at radius 2 is 1.59 bits per heavy atom. The lowest BCUT2D eigenvalue weighted by atomic mass is 10.0. The lowest BCUT2D eigenvalue weighted by molar-refractivity contribution is -0.133. The number of hydrogen-bond acceptors (Lipinski definition) is 6. The van der Waals surface area contributed by atoms with Crippen LogP contribution in [0.4, 0.5) is 17.2 Å². The second-order valence-electron chi connectivity index (χ2n) is 11.6. The van der Waals surface area contributed by atoms with Crippen molar-refractivity contribution in [3.05, 3.63) is 108 Å². The minimum Gasteiger partial charge on any atom is -0.366 e. The summed E-state index contributed by atoms with van der Waals surface area (Å²) in [5.74, 6) is 1.26. The molecule has 44 heavy (non-hydrogen) atoms. The van der Waals surface area contributed by atoms with Crippen molar-refractivity contribution in [2.45, 2.75) is 25.8 Å². The maximum atomic E-state index is 13.3. The van der Waals surface area contributed by atoms with Gasteiger partial charge in [-0.05, 0) is 85.0 Å². The van der Waals surface area contributed by atoms with E-state index in [4.69, 9.17) is 5.73 Å². The molecule has 0 unspecified atom stereocenters. The molecule has 2 aliphatic rings. The smallest absolute Gasteiger partial charge is 0.255 e. The summed E-state index contributed by atoms with van der Waals surface area (Å²) in [4.78, 5) is 37.4. The van der Waals surface area contributed by atoms with Crippen molar-refractivity contribution in [1.82, 2.24) is 9.88 Å². The molecule has 0 bridgehead atoms. The van der Waals surface area contributed by atoms with Gasteiger partial charge in [0.15, 0.2) is 0 Å². The highest BCUT2D eigenvalue weighted by Crippen LogP contribution is 2.34. The lowest BCUT2D eigenvalue weighted by Crippen LogP contribution is -2.47. The lowest BCUT2D eigenvalue weighted by Gasteiger charge is -2.37. The summed E-state index contributed by atoms with van der Waals surface area (Å²) in [5, 5.41) is 3.21. The van der Waals surface area contributed by atoms with E-state index in [1.807, 2.05) is 65.7 Å². The van der Waals surface area contributed by atoms with E-state index in [0.29, 0.717) is 25.2 Å². The van der Waals surface area contributed by atoms with E-state index < -0.39 is 0 Å². The van der Waals surface area contributed by atoms with E-state index in [9.17, 15) is 9.59 Å². The van der Waals surface area contributed by atoms with Gasteiger partial charge in [0.25, 0.3) is 5.91 Å². The van der Waals surface area contributed by atoms with Crippen molar-refractivity contribution in [3.63, 3.8) is 0 Å². The minimum atomic E-state index is -0.140.